The van der Waals surface area contributed by atoms with Crippen molar-refractivity contribution >= 4 is 12.1 Å². The van der Waals surface area contributed by atoms with Crippen molar-refractivity contribution in [3.63, 3.8) is 0 Å². The van der Waals surface area contributed by atoms with E-state index in [2.05, 4.69) is 17.5 Å². The maximum atomic E-state index is 12.1. The molecule has 29 heavy (non-hydrogen) atoms. The van der Waals surface area contributed by atoms with E-state index in [9.17, 15) is 9.90 Å². The monoisotopic (exact) mass is 396 g/mol. The Morgan fingerprint density at radius 3 is 2.31 bits per heavy atom. The summed E-state index contributed by atoms with van der Waals surface area (Å²) < 4.78 is 5.75. The van der Waals surface area contributed by atoms with Gasteiger partial charge in [0.1, 0.15) is 11.5 Å². The molecule has 156 valence electrons. The van der Waals surface area contributed by atoms with Crippen LogP contribution in [0.2, 0.25) is 0 Å². The van der Waals surface area contributed by atoms with E-state index >= 15 is 0 Å². The van der Waals surface area contributed by atoms with Gasteiger partial charge in [0, 0.05) is 11.1 Å². The maximum Gasteiger partial charge on any atom is 0.271 e. The number of nitrogens with one attached hydrogen (secondary N) is 1. The Bertz CT molecular complexity index is 757. The average molecular weight is 397 g/mol. The molecular formula is C24H32N2O3. The fraction of sp³-hybridized carbons (Fsp3) is 0.417. The quantitative estimate of drug-likeness (QED) is 0.260. The minimum Gasteiger partial charge on any atom is -0.507 e. The van der Waals surface area contributed by atoms with Crippen LogP contribution in [0.5, 0.6) is 11.5 Å². The second-order valence-corrected chi connectivity index (χ2v) is 7.11. The molecule has 0 unspecified atom stereocenters. The van der Waals surface area contributed by atoms with E-state index in [1.807, 2.05) is 0 Å². The van der Waals surface area contributed by atoms with E-state index in [4.69, 9.17) is 4.74 Å². The highest BCUT2D eigenvalue weighted by atomic mass is 16.5. The Balaban J connectivity index is 1.65. The molecule has 0 aliphatic heterocycles. The molecule has 2 aromatic rings. The fourth-order valence-electron chi connectivity index (χ4n) is 2.95. The molecule has 5 heteroatoms. The lowest BCUT2D eigenvalue weighted by Gasteiger charge is -2.07. The smallest absolute Gasteiger partial charge is 0.271 e. The van der Waals surface area contributed by atoms with Crippen molar-refractivity contribution in [1.82, 2.24) is 5.43 Å². The highest BCUT2D eigenvalue weighted by Crippen LogP contribution is 2.14. The van der Waals surface area contributed by atoms with Crippen molar-refractivity contribution in [3.8, 4) is 11.5 Å². The molecule has 0 saturated carbocycles. The van der Waals surface area contributed by atoms with Crippen LogP contribution in [0.4, 0.5) is 0 Å². The first-order valence-corrected chi connectivity index (χ1v) is 10.5. The SMILES string of the molecule is CCCCCCCCCCOc1ccc(C(=O)NN=Cc2ccccc2O)cc1. The number of aromatic hydroxyl groups is 1. The summed E-state index contributed by atoms with van der Waals surface area (Å²) in [5.74, 6) is 0.567. The van der Waals surface area contributed by atoms with Gasteiger partial charge in [-0.15, -0.1) is 0 Å². The first-order valence-electron chi connectivity index (χ1n) is 10.5. The molecular weight excluding hydrogens is 364 g/mol. The average Bonchev–Trinajstić information content (AvgIpc) is 2.74. The molecule has 0 atom stereocenters. The number of unbranched alkanes of at least 4 members (excludes halogenated alkanes) is 7. The fourth-order valence-corrected chi connectivity index (χ4v) is 2.95. The van der Waals surface area contributed by atoms with Crippen molar-refractivity contribution in [1.29, 1.82) is 0 Å². The van der Waals surface area contributed by atoms with Crippen molar-refractivity contribution in [2.45, 2.75) is 58.3 Å². The Kier molecular flexibility index (Phi) is 10.4. The van der Waals surface area contributed by atoms with Crippen LogP contribution >= 0.6 is 0 Å². The van der Waals surface area contributed by atoms with Crippen LogP contribution in [0.3, 0.4) is 0 Å². The molecule has 0 radical (unpaired) electrons. The molecule has 1 amide bonds. The maximum absolute atomic E-state index is 12.1. The van der Waals surface area contributed by atoms with Crippen LogP contribution in [-0.4, -0.2) is 23.8 Å². The lowest BCUT2D eigenvalue weighted by Crippen LogP contribution is -2.17. The number of hydrogen-bond donors (Lipinski definition) is 2. The zero-order valence-electron chi connectivity index (χ0n) is 17.3. The summed E-state index contributed by atoms with van der Waals surface area (Å²) >= 11 is 0. The molecule has 0 bridgehead atoms. The van der Waals surface area contributed by atoms with Crippen LogP contribution in [0.25, 0.3) is 0 Å². The summed E-state index contributed by atoms with van der Waals surface area (Å²) in [6.45, 7) is 2.94. The summed E-state index contributed by atoms with van der Waals surface area (Å²) in [7, 11) is 0. The van der Waals surface area contributed by atoms with Gasteiger partial charge in [0.25, 0.3) is 5.91 Å². The third kappa shape index (κ3) is 8.81. The number of hydrazone groups is 1. The van der Waals surface area contributed by atoms with Crippen molar-refractivity contribution in [2.24, 2.45) is 5.10 Å². The zero-order chi connectivity index (χ0) is 20.7. The molecule has 0 fully saturated rings. The zero-order valence-corrected chi connectivity index (χ0v) is 17.3. The standard InChI is InChI=1S/C24H32N2O3/c1-2-3-4-5-6-7-8-11-18-29-22-16-14-20(15-17-22)24(28)26-25-19-21-12-9-10-13-23(21)27/h9-10,12-17,19,27H,2-8,11,18H2,1H3,(H,26,28). The van der Waals surface area contributed by atoms with Gasteiger partial charge in [0.05, 0.1) is 12.8 Å². The van der Waals surface area contributed by atoms with E-state index in [0.717, 1.165) is 12.2 Å². The number of amides is 1. The third-order valence-corrected chi connectivity index (χ3v) is 4.69. The number of benzene rings is 2. The minimum atomic E-state index is -0.314. The number of nitrogens with zero attached hydrogens (tertiary/aromatic N) is 1. The van der Waals surface area contributed by atoms with Gasteiger partial charge >= 0.3 is 0 Å². The van der Waals surface area contributed by atoms with Crippen LogP contribution < -0.4 is 10.2 Å². The number of para-hydroxylation sites is 1. The van der Waals surface area contributed by atoms with Gasteiger partial charge in [0.15, 0.2) is 0 Å². The molecule has 2 aromatic carbocycles. The first kappa shape index (κ1) is 22.5. The van der Waals surface area contributed by atoms with Crippen LogP contribution in [-0.2, 0) is 0 Å². The highest BCUT2D eigenvalue weighted by molar-refractivity contribution is 5.95. The van der Waals surface area contributed by atoms with E-state index in [0.29, 0.717) is 17.7 Å². The largest absolute Gasteiger partial charge is 0.507 e. The molecule has 2 rings (SSSR count). The molecule has 0 heterocycles. The lowest BCUT2D eigenvalue weighted by molar-refractivity contribution is 0.0955. The number of hydrogen-bond acceptors (Lipinski definition) is 4. The van der Waals surface area contributed by atoms with E-state index in [1.165, 1.54) is 51.2 Å². The summed E-state index contributed by atoms with van der Waals surface area (Å²) in [5, 5.41) is 13.6. The number of carbonyl (C=O) groups excluding carboxylic acids is 1. The van der Waals surface area contributed by atoms with Gasteiger partial charge in [-0.3, -0.25) is 4.79 Å². The summed E-state index contributed by atoms with van der Waals surface area (Å²) in [6, 6.07) is 13.8. The number of carbonyl (C=O) groups is 1. The van der Waals surface area contributed by atoms with Crippen molar-refractivity contribution in [2.75, 3.05) is 6.61 Å². The number of phenols is 1. The minimum absolute atomic E-state index is 0.114. The van der Waals surface area contributed by atoms with Gasteiger partial charge in [-0.05, 0) is 42.8 Å². The molecule has 0 saturated heterocycles. The van der Waals surface area contributed by atoms with Gasteiger partial charge in [-0.25, -0.2) is 5.43 Å². The van der Waals surface area contributed by atoms with Crippen molar-refractivity contribution < 1.29 is 14.6 Å². The molecule has 0 spiro atoms. The first-order chi connectivity index (χ1) is 14.2. The molecule has 0 aliphatic carbocycles. The van der Waals surface area contributed by atoms with Crippen LogP contribution in [0.1, 0.15) is 74.2 Å². The third-order valence-electron chi connectivity index (χ3n) is 4.69. The predicted octanol–water partition coefficient (Wildman–Crippen LogP) is 5.68. The Labute approximate surface area is 173 Å². The Morgan fingerprint density at radius 2 is 1.62 bits per heavy atom. The molecule has 0 aliphatic rings. The van der Waals surface area contributed by atoms with Gasteiger partial charge in [-0.1, -0.05) is 64.0 Å². The Morgan fingerprint density at radius 1 is 0.966 bits per heavy atom. The topological polar surface area (TPSA) is 70.9 Å². The summed E-state index contributed by atoms with van der Waals surface area (Å²) in [4.78, 5) is 12.1. The van der Waals surface area contributed by atoms with Gasteiger partial charge in [-0.2, -0.15) is 5.10 Å². The summed E-state index contributed by atoms with van der Waals surface area (Å²) in [6.07, 6.45) is 11.6. The molecule has 5 nitrogen and oxygen atoms in total. The van der Waals surface area contributed by atoms with Gasteiger partial charge in [0.2, 0.25) is 0 Å². The normalized spacial score (nSPS) is 10.9. The number of ether oxygens (including phenoxy) is 1. The number of rotatable bonds is 13. The van der Waals surface area contributed by atoms with Crippen LogP contribution in [0, 0.1) is 0 Å². The van der Waals surface area contributed by atoms with Crippen LogP contribution in [0.15, 0.2) is 53.6 Å². The second kappa shape index (κ2) is 13.4. The Hall–Kier alpha value is -2.82. The van der Waals surface area contributed by atoms with Gasteiger partial charge < -0.3 is 9.84 Å². The predicted molar refractivity (Wildman–Crippen MR) is 118 cm³/mol. The molecule has 2 N–H and O–H groups in total. The number of phenolic OH excluding ortho intramolecular Hbond substituents is 1. The van der Waals surface area contributed by atoms with E-state index in [-0.39, 0.29) is 11.7 Å². The van der Waals surface area contributed by atoms with Crippen molar-refractivity contribution in [3.05, 3.63) is 59.7 Å². The molecule has 0 aromatic heterocycles. The lowest BCUT2D eigenvalue weighted by atomic mass is 10.1. The summed E-state index contributed by atoms with van der Waals surface area (Å²) in [5.41, 5.74) is 3.50. The van der Waals surface area contributed by atoms with E-state index in [1.54, 1.807) is 48.5 Å². The highest BCUT2D eigenvalue weighted by Gasteiger charge is 2.04. The second-order valence-electron chi connectivity index (χ2n) is 7.11. The van der Waals surface area contributed by atoms with E-state index < -0.39 is 0 Å².